The Morgan fingerprint density at radius 1 is 1.42 bits per heavy atom. The first-order valence-corrected chi connectivity index (χ1v) is 6.25. The molecule has 3 N–H and O–H groups in total. The number of nitrogens with two attached hydrogens (primary N) is 1. The molecule has 0 radical (unpaired) electrons. The van der Waals surface area contributed by atoms with Gasteiger partial charge in [-0.1, -0.05) is 6.07 Å². The highest BCUT2D eigenvalue weighted by molar-refractivity contribution is 5.95. The van der Waals surface area contributed by atoms with Gasteiger partial charge in [-0.2, -0.15) is 0 Å². The van der Waals surface area contributed by atoms with Gasteiger partial charge in [0.1, 0.15) is 6.10 Å². The number of ether oxygens (including phenoxy) is 2. The van der Waals surface area contributed by atoms with Crippen LogP contribution in [0.15, 0.2) is 18.2 Å². The monoisotopic (exact) mass is 266 g/mol. The molecule has 0 aliphatic rings. The Labute approximate surface area is 114 Å². The van der Waals surface area contributed by atoms with Crippen molar-refractivity contribution >= 4 is 17.3 Å². The Morgan fingerprint density at radius 3 is 2.74 bits per heavy atom. The summed E-state index contributed by atoms with van der Waals surface area (Å²) < 4.78 is 10.5. The number of aryl methyl sites for hydroxylation is 1. The average molecular weight is 266 g/mol. The van der Waals surface area contributed by atoms with Crippen molar-refractivity contribution < 1.29 is 14.3 Å². The number of benzene rings is 1. The minimum absolute atomic E-state index is 0.132. The molecule has 1 aromatic rings. The molecule has 1 aromatic carbocycles. The van der Waals surface area contributed by atoms with Crippen molar-refractivity contribution in [1.29, 1.82) is 0 Å². The van der Waals surface area contributed by atoms with Gasteiger partial charge in [-0.3, -0.25) is 4.79 Å². The van der Waals surface area contributed by atoms with E-state index in [1.54, 1.807) is 26.2 Å². The highest BCUT2D eigenvalue weighted by atomic mass is 16.5. The van der Waals surface area contributed by atoms with E-state index in [4.69, 9.17) is 15.2 Å². The Kier molecular flexibility index (Phi) is 5.79. The molecular weight excluding hydrogens is 244 g/mol. The number of nitrogens with one attached hydrogen (secondary N) is 1. The van der Waals surface area contributed by atoms with E-state index in [9.17, 15) is 4.79 Å². The van der Waals surface area contributed by atoms with Gasteiger partial charge in [0.25, 0.3) is 5.91 Å². The fourth-order valence-corrected chi connectivity index (χ4v) is 1.69. The smallest absolute Gasteiger partial charge is 0.253 e. The zero-order valence-corrected chi connectivity index (χ0v) is 11.9. The number of hydrogen-bond donors (Lipinski definition) is 2. The maximum atomic E-state index is 12.0. The largest absolute Gasteiger partial charge is 0.399 e. The standard InChI is InChI=1S/C14H22N2O3/c1-9-5-6-12(15)7-13(9)16-14(17)11(3)19-10(2)8-18-4/h5-7,10-11H,8,15H2,1-4H3,(H,16,17). The molecule has 0 fully saturated rings. The van der Waals surface area contributed by atoms with Gasteiger partial charge >= 0.3 is 0 Å². The van der Waals surface area contributed by atoms with Crippen molar-refractivity contribution in [3.05, 3.63) is 23.8 Å². The predicted molar refractivity (Wildman–Crippen MR) is 76.1 cm³/mol. The lowest BCUT2D eigenvalue weighted by Gasteiger charge is -2.19. The number of nitrogen functional groups attached to an aromatic ring is 1. The van der Waals surface area contributed by atoms with Gasteiger partial charge in [-0.25, -0.2) is 0 Å². The summed E-state index contributed by atoms with van der Waals surface area (Å²) in [6, 6.07) is 5.40. The summed E-state index contributed by atoms with van der Waals surface area (Å²) in [6.07, 6.45) is -0.682. The summed E-state index contributed by atoms with van der Waals surface area (Å²) in [5.74, 6) is -0.198. The second kappa shape index (κ2) is 7.11. The number of hydrogen-bond acceptors (Lipinski definition) is 4. The lowest BCUT2D eigenvalue weighted by atomic mass is 10.1. The van der Waals surface area contributed by atoms with Crippen molar-refractivity contribution in [2.75, 3.05) is 24.8 Å². The first-order valence-electron chi connectivity index (χ1n) is 6.25. The molecule has 5 heteroatoms. The van der Waals surface area contributed by atoms with E-state index in [0.717, 1.165) is 5.56 Å². The van der Waals surface area contributed by atoms with Crippen LogP contribution in [-0.2, 0) is 14.3 Å². The molecule has 19 heavy (non-hydrogen) atoms. The van der Waals surface area contributed by atoms with Crippen molar-refractivity contribution in [3.8, 4) is 0 Å². The minimum Gasteiger partial charge on any atom is -0.399 e. The molecule has 2 unspecified atom stereocenters. The Bertz CT molecular complexity index is 435. The quantitative estimate of drug-likeness (QED) is 0.772. The zero-order valence-electron chi connectivity index (χ0n) is 11.9. The van der Waals surface area contributed by atoms with Crippen LogP contribution in [0.5, 0.6) is 0 Å². The van der Waals surface area contributed by atoms with Crippen molar-refractivity contribution in [3.63, 3.8) is 0 Å². The molecule has 1 amide bonds. The fourth-order valence-electron chi connectivity index (χ4n) is 1.69. The molecule has 0 saturated heterocycles. The lowest BCUT2D eigenvalue weighted by molar-refractivity contribution is -0.131. The number of carbonyl (C=O) groups is 1. The highest BCUT2D eigenvalue weighted by Gasteiger charge is 2.17. The second-order valence-electron chi connectivity index (χ2n) is 4.61. The van der Waals surface area contributed by atoms with E-state index in [1.807, 2.05) is 19.9 Å². The summed E-state index contributed by atoms with van der Waals surface area (Å²) in [5.41, 5.74) is 7.98. The third kappa shape index (κ3) is 4.89. The van der Waals surface area contributed by atoms with Gasteiger partial charge in [0.2, 0.25) is 0 Å². The molecule has 5 nitrogen and oxygen atoms in total. The normalized spacial score (nSPS) is 13.9. The van der Waals surface area contributed by atoms with Crippen LogP contribution in [0, 0.1) is 6.92 Å². The van der Waals surface area contributed by atoms with Crippen LogP contribution in [0.3, 0.4) is 0 Å². The molecule has 0 bridgehead atoms. The number of carbonyl (C=O) groups excluding carboxylic acids is 1. The van der Waals surface area contributed by atoms with Crippen LogP contribution in [0.25, 0.3) is 0 Å². The topological polar surface area (TPSA) is 73.6 Å². The van der Waals surface area contributed by atoms with Crippen molar-refractivity contribution in [2.45, 2.75) is 33.0 Å². The molecule has 0 spiro atoms. The predicted octanol–water partition coefficient (Wildman–Crippen LogP) is 1.96. The average Bonchev–Trinajstić information content (AvgIpc) is 2.34. The van der Waals surface area contributed by atoms with Gasteiger partial charge in [0.15, 0.2) is 0 Å². The third-order valence-corrected chi connectivity index (χ3v) is 2.73. The Morgan fingerprint density at radius 2 is 2.11 bits per heavy atom. The number of amides is 1. The number of anilines is 2. The number of rotatable bonds is 6. The summed E-state index contributed by atoms with van der Waals surface area (Å²) in [7, 11) is 1.60. The zero-order chi connectivity index (χ0) is 14.4. The van der Waals surface area contributed by atoms with Crippen LogP contribution in [-0.4, -0.2) is 31.8 Å². The summed E-state index contributed by atoms with van der Waals surface area (Å²) in [4.78, 5) is 12.0. The first kappa shape index (κ1) is 15.5. The van der Waals surface area contributed by atoms with E-state index in [2.05, 4.69) is 5.32 Å². The van der Waals surface area contributed by atoms with E-state index < -0.39 is 6.10 Å². The van der Waals surface area contributed by atoms with Gasteiger partial charge in [0, 0.05) is 18.5 Å². The summed E-state index contributed by atoms with van der Waals surface area (Å²) >= 11 is 0. The summed E-state index contributed by atoms with van der Waals surface area (Å²) in [5, 5.41) is 2.81. The molecule has 0 aliphatic heterocycles. The molecule has 0 heterocycles. The highest BCUT2D eigenvalue weighted by Crippen LogP contribution is 2.18. The van der Waals surface area contributed by atoms with E-state index in [0.29, 0.717) is 18.0 Å². The lowest BCUT2D eigenvalue weighted by Crippen LogP contribution is -2.32. The van der Waals surface area contributed by atoms with Crippen LogP contribution in [0.1, 0.15) is 19.4 Å². The Balaban J connectivity index is 2.61. The SMILES string of the molecule is COCC(C)OC(C)C(=O)Nc1cc(N)ccc1C. The molecule has 0 saturated carbocycles. The maximum absolute atomic E-state index is 12.0. The molecule has 0 aliphatic carbocycles. The fraction of sp³-hybridized carbons (Fsp3) is 0.500. The van der Waals surface area contributed by atoms with Gasteiger partial charge in [-0.15, -0.1) is 0 Å². The maximum Gasteiger partial charge on any atom is 0.253 e. The number of methoxy groups -OCH3 is 1. The van der Waals surface area contributed by atoms with Crippen LogP contribution < -0.4 is 11.1 Å². The molecule has 1 rings (SSSR count). The molecule has 2 atom stereocenters. The molecule has 0 aromatic heterocycles. The van der Waals surface area contributed by atoms with E-state index in [-0.39, 0.29) is 12.0 Å². The van der Waals surface area contributed by atoms with E-state index in [1.165, 1.54) is 0 Å². The molecule has 106 valence electrons. The molecular formula is C14H22N2O3. The second-order valence-corrected chi connectivity index (χ2v) is 4.61. The van der Waals surface area contributed by atoms with Crippen LogP contribution in [0.4, 0.5) is 11.4 Å². The van der Waals surface area contributed by atoms with Gasteiger partial charge in [-0.05, 0) is 38.5 Å². The van der Waals surface area contributed by atoms with Gasteiger partial charge < -0.3 is 20.5 Å². The van der Waals surface area contributed by atoms with Crippen molar-refractivity contribution in [2.24, 2.45) is 0 Å². The first-order chi connectivity index (χ1) is 8.93. The van der Waals surface area contributed by atoms with Crippen LogP contribution in [0.2, 0.25) is 0 Å². The van der Waals surface area contributed by atoms with Crippen LogP contribution >= 0.6 is 0 Å². The summed E-state index contributed by atoms with van der Waals surface area (Å²) in [6.45, 7) is 5.94. The third-order valence-electron chi connectivity index (χ3n) is 2.73. The minimum atomic E-state index is -0.550. The van der Waals surface area contributed by atoms with E-state index >= 15 is 0 Å². The van der Waals surface area contributed by atoms with Gasteiger partial charge in [0.05, 0.1) is 12.7 Å². The van der Waals surface area contributed by atoms with Crippen molar-refractivity contribution in [1.82, 2.24) is 0 Å². The Hall–Kier alpha value is -1.59.